The Morgan fingerprint density at radius 3 is 3.08 bits per heavy atom. The molecule has 1 aliphatic heterocycles. The van der Waals surface area contributed by atoms with Crippen molar-refractivity contribution in [3.63, 3.8) is 0 Å². The molecule has 70 valence electrons. The van der Waals surface area contributed by atoms with Crippen LogP contribution >= 0.6 is 0 Å². The first-order valence-corrected chi connectivity index (χ1v) is 4.37. The molecule has 0 aromatic heterocycles. The maximum atomic E-state index is 10.6. The molecule has 0 bridgehead atoms. The van der Waals surface area contributed by atoms with Crippen LogP contribution in [0.3, 0.4) is 0 Å². The highest BCUT2D eigenvalue weighted by Crippen LogP contribution is 2.14. The van der Waals surface area contributed by atoms with E-state index in [1.807, 2.05) is 7.05 Å². The number of likely N-dealkylation sites (tertiary alicyclic amines) is 1. The lowest BCUT2D eigenvalue weighted by Gasteiger charge is -2.13. The molecular weight excluding hydrogens is 154 g/mol. The van der Waals surface area contributed by atoms with Crippen molar-refractivity contribution in [3.8, 4) is 0 Å². The molecule has 0 aliphatic carbocycles. The van der Waals surface area contributed by atoms with E-state index in [2.05, 4.69) is 10.2 Å². The zero-order valence-corrected chi connectivity index (χ0v) is 7.55. The van der Waals surface area contributed by atoms with Gasteiger partial charge in [-0.3, -0.25) is 9.69 Å². The molecule has 12 heavy (non-hydrogen) atoms. The van der Waals surface area contributed by atoms with E-state index in [4.69, 9.17) is 5.73 Å². The van der Waals surface area contributed by atoms with Crippen LogP contribution in [0.15, 0.2) is 0 Å². The van der Waals surface area contributed by atoms with Crippen molar-refractivity contribution in [2.45, 2.75) is 6.42 Å². The number of amides is 1. The lowest BCUT2D eigenvalue weighted by atomic mass is 10.1. The van der Waals surface area contributed by atoms with E-state index in [0.717, 1.165) is 19.6 Å². The van der Waals surface area contributed by atoms with E-state index >= 15 is 0 Å². The van der Waals surface area contributed by atoms with Gasteiger partial charge in [0.2, 0.25) is 5.91 Å². The van der Waals surface area contributed by atoms with E-state index in [1.54, 1.807) is 0 Å². The second-order valence-electron chi connectivity index (χ2n) is 3.41. The van der Waals surface area contributed by atoms with E-state index in [-0.39, 0.29) is 5.91 Å². The Balaban J connectivity index is 2.21. The van der Waals surface area contributed by atoms with E-state index in [1.165, 1.54) is 6.42 Å². The van der Waals surface area contributed by atoms with Crippen LogP contribution in [0.25, 0.3) is 0 Å². The predicted octanol–water partition coefficient (Wildman–Crippen LogP) is -0.987. The summed E-state index contributed by atoms with van der Waals surface area (Å²) in [5.41, 5.74) is 5.10. The summed E-state index contributed by atoms with van der Waals surface area (Å²) in [6.45, 7) is 3.47. The van der Waals surface area contributed by atoms with Gasteiger partial charge in [0.15, 0.2) is 0 Å². The van der Waals surface area contributed by atoms with Crippen LogP contribution in [-0.4, -0.2) is 44.0 Å². The van der Waals surface area contributed by atoms with E-state index in [9.17, 15) is 4.79 Å². The molecule has 1 amide bonds. The van der Waals surface area contributed by atoms with Crippen LogP contribution in [-0.2, 0) is 4.79 Å². The van der Waals surface area contributed by atoms with E-state index in [0.29, 0.717) is 12.5 Å². The Morgan fingerprint density at radius 1 is 1.75 bits per heavy atom. The Morgan fingerprint density at radius 2 is 2.50 bits per heavy atom. The number of hydrogen-bond donors (Lipinski definition) is 2. The monoisotopic (exact) mass is 171 g/mol. The van der Waals surface area contributed by atoms with Crippen LogP contribution in [0.1, 0.15) is 6.42 Å². The molecule has 1 fully saturated rings. The van der Waals surface area contributed by atoms with Gasteiger partial charge in [-0.05, 0) is 32.5 Å². The zero-order chi connectivity index (χ0) is 8.97. The molecule has 0 spiro atoms. The van der Waals surface area contributed by atoms with Crippen molar-refractivity contribution in [1.29, 1.82) is 0 Å². The standard InChI is InChI=1S/C8H17N3O/c1-10-4-7-2-3-11(5-7)6-8(9)12/h7,10H,2-6H2,1H3,(H2,9,12). The summed E-state index contributed by atoms with van der Waals surface area (Å²) in [5.74, 6) is 0.467. The fraction of sp³-hybridized carbons (Fsp3) is 0.875. The lowest BCUT2D eigenvalue weighted by molar-refractivity contribution is -0.118. The zero-order valence-electron chi connectivity index (χ0n) is 7.55. The van der Waals surface area contributed by atoms with Gasteiger partial charge >= 0.3 is 0 Å². The number of carbonyl (C=O) groups excluding carboxylic acids is 1. The van der Waals surface area contributed by atoms with Crippen LogP contribution in [0.5, 0.6) is 0 Å². The fourth-order valence-electron chi connectivity index (χ4n) is 1.73. The summed E-state index contributed by atoms with van der Waals surface area (Å²) < 4.78 is 0. The molecule has 0 radical (unpaired) electrons. The van der Waals surface area contributed by atoms with Gasteiger partial charge < -0.3 is 11.1 Å². The third-order valence-corrected chi connectivity index (χ3v) is 2.24. The molecule has 0 aromatic carbocycles. The molecule has 1 rings (SSSR count). The van der Waals surface area contributed by atoms with Gasteiger partial charge in [-0.2, -0.15) is 0 Å². The first kappa shape index (κ1) is 9.48. The molecule has 1 unspecified atom stereocenters. The minimum absolute atomic E-state index is 0.222. The lowest BCUT2D eigenvalue weighted by Crippen LogP contribution is -2.32. The van der Waals surface area contributed by atoms with E-state index < -0.39 is 0 Å². The molecule has 0 aromatic rings. The third-order valence-electron chi connectivity index (χ3n) is 2.24. The van der Waals surface area contributed by atoms with Crippen molar-refractivity contribution < 1.29 is 4.79 Å². The molecule has 1 aliphatic rings. The molecule has 1 saturated heterocycles. The van der Waals surface area contributed by atoms with Crippen molar-refractivity contribution in [3.05, 3.63) is 0 Å². The minimum atomic E-state index is -0.222. The smallest absolute Gasteiger partial charge is 0.231 e. The summed E-state index contributed by atoms with van der Waals surface area (Å²) >= 11 is 0. The topological polar surface area (TPSA) is 58.4 Å². The maximum Gasteiger partial charge on any atom is 0.231 e. The van der Waals surface area contributed by atoms with Crippen molar-refractivity contribution in [2.24, 2.45) is 11.7 Å². The number of nitrogens with one attached hydrogen (secondary N) is 1. The first-order valence-electron chi connectivity index (χ1n) is 4.37. The third kappa shape index (κ3) is 2.79. The van der Waals surface area contributed by atoms with Crippen molar-refractivity contribution >= 4 is 5.91 Å². The van der Waals surface area contributed by atoms with Crippen molar-refractivity contribution in [2.75, 3.05) is 33.2 Å². The van der Waals surface area contributed by atoms with Gasteiger partial charge in [0.1, 0.15) is 0 Å². The van der Waals surface area contributed by atoms with Gasteiger partial charge in [-0.15, -0.1) is 0 Å². The first-order chi connectivity index (χ1) is 5.72. The number of nitrogens with two attached hydrogens (primary N) is 1. The van der Waals surface area contributed by atoms with Crippen LogP contribution in [0.2, 0.25) is 0 Å². The van der Waals surface area contributed by atoms with Crippen molar-refractivity contribution in [1.82, 2.24) is 10.2 Å². The highest BCUT2D eigenvalue weighted by Gasteiger charge is 2.22. The largest absolute Gasteiger partial charge is 0.369 e. The summed E-state index contributed by atoms with van der Waals surface area (Å²) in [4.78, 5) is 12.7. The van der Waals surface area contributed by atoms with Crippen LogP contribution < -0.4 is 11.1 Å². The quantitative estimate of drug-likeness (QED) is 0.571. The normalized spacial score (nSPS) is 24.6. The van der Waals surface area contributed by atoms with Gasteiger partial charge in [-0.25, -0.2) is 0 Å². The SMILES string of the molecule is CNCC1CCN(CC(N)=O)C1. The van der Waals surface area contributed by atoms with Crippen LogP contribution in [0, 0.1) is 5.92 Å². The second-order valence-corrected chi connectivity index (χ2v) is 3.41. The highest BCUT2D eigenvalue weighted by molar-refractivity contribution is 5.75. The van der Waals surface area contributed by atoms with Gasteiger partial charge in [-0.1, -0.05) is 0 Å². The average molecular weight is 171 g/mol. The number of primary amides is 1. The van der Waals surface area contributed by atoms with Gasteiger partial charge in [0.05, 0.1) is 6.54 Å². The maximum absolute atomic E-state index is 10.6. The Bertz CT molecular complexity index is 160. The summed E-state index contributed by atoms with van der Waals surface area (Å²) in [6.07, 6.45) is 1.17. The van der Waals surface area contributed by atoms with Gasteiger partial charge in [0.25, 0.3) is 0 Å². The Kier molecular flexibility index (Phi) is 3.49. The fourth-order valence-corrected chi connectivity index (χ4v) is 1.73. The number of rotatable bonds is 4. The summed E-state index contributed by atoms with van der Waals surface area (Å²) in [6, 6.07) is 0. The number of hydrogen-bond acceptors (Lipinski definition) is 3. The second kappa shape index (κ2) is 4.42. The predicted molar refractivity (Wildman–Crippen MR) is 47.7 cm³/mol. The summed E-state index contributed by atoms with van der Waals surface area (Å²) in [5, 5.41) is 3.14. The molecule has 1 atom stereocenters. The average Bonchev–Trinajstić information content (AvgIpc) is 2.36. The van der Waals surface area contributed by atoms with Crippen LogP contribution in [0.4, 0.5) is 0 Å². The molecule has 0 saturated carbocycles. The molecular formula is C8H17N3O. The highest BCUT2D eigenvalue weighted by atomic mass is 16.1. The van der Waals surface area contributed by atoms with Gasteiger partial charge in [0, 0.05) is 6.54 Å². The molecule has 4 heteroatoms. The molecule has 3 N–H and O–H groups in total. The molecule has 1 heterocycles. The summed E-state index contributed by atoms with van der Waals surface area (Å²) in [7, 11) is 1.96. The minimum Gasteiger partial charge on any atom is -0.369 e. The molecule has 4 nitrogen and oxygen atoms in total. The Hall–Kier alpha value is -0.610. The number of carbonyl (C=O) groups is 1. The number of nitrogens with zero attached hydrogens (tertiary/aromatic N) is 1. The Labute approximate surface area is 73.1 Å².